The number of hydrogen-bond donors (Lipinski definition) is 0. The molecule has 0 aliphatic heterocycles. The van der Waals surface area contributed by atoms with Crippen LogP contribution in [-0.2, 0) is 9.53 Å². The van der Waals surface area contributed by atoms with Gasteiger partial charge >= 0.3 is 5.97 Å². The lowest BCUT2D eigenvalue weighted by atomic mass is 10.2. The molecule has 0 heterocycles. The van der Waals surface area contributed by atoms with E-state index in [9.17, 15) is 4.79 Å². The highest BCUT2D eigenvalue weighted by atomic mass is 16.5. The maximum atomic E-state index is 11.0. The second kappa shape index (κ2) is 11.0. The molecule has 0 saturated carbocycles. The van der Waals surface area contributed by atoms with Crippen LogP contribution in [0.3, 0.4) is 0 Å². The zero-order valence-corrected chi connectivity index (χ0v) is 9.87. The van der Waals surface area contributed by atoms with Gasteiger partial charge in [-0.05, 0) is 19.3 Å². The predicted molar refractivity (Wildman–Crippen MR) is 63.7 cm³/mol. The predicted octanol–water partition coefficient (Wildman–Crippen LogP) is 3.63. The number of unbranched alkanes of at least 4 members (excludes halogenated alkanes) is 3. The van der Waals surface area contributed by atoms with Crippen molar-refractivity contribution in [2.45, 2.75) is 46.0 Å². The SMILES string of the molecule is CCCCCC=CC=CC(=O)OCCC. The first-order valence-electron chi connectivity index (χ1n) is 5.81. The zero-order valence-electron chi connectivity index (χ0n) is 9.87. The highest BCUT2D eigenvalue weighted by molar-refractivity contribution is 5.82. The lowest BCUT2D eigenvalue weighted by Crippen LogP contribution is -2.00. The molecular formula is C13H22O2. The first kappa shape index (κ1) is 13.9. The minimum absolute atomic E-state index is 0.255. The maximum absolute atomic E-state index is 11.0. The topological polar surface area (TPSA) is 26.3 Å². The molecule has 0 N–H and O–H groups in total. The quantitative estimate of drug-likeness (QED) is 0.265. The van der Waals surface area contributed by atoms with E-state index in [0.29, 0.717) is 6.61 Å². The van der Waals surface area contributed by atoms with Crippen molar-refractivity contribution in [3.8, 4) is 0 Å². The molecule has 0 aliphatic rings. The molecule has 2 heteroatoms. The molecule has 0 saturated heterocycles. The van der Waals surface area contributed by atoms with Crippen molar-refractivity contribution in [3.63, 3.8) is 0 Å². The van der Waals surface area contributed by atoms with Gasteiger partial charge in [-0.25, -0.2) is 4.79 Å². The summed E-state index contributed by atoms with van der Waals surface area (Å²) >= 11 is 0. The van der Waals surface area contributed by atoms with Crippen LogP contribution in [0.15, 0.2) is 24.3 Å². The molecule has 0 aliphatic carbocycles. The van der Waals surface area contributed by atoms with Crippen LogP contribution in [0.25, 0.3) is 0 Å². The van der Waals surface area contributed by atoms with Crippen molar-refractivity contribution in [2.24, 2.45) is 0 Å². The summed E-state index contributed by atoms with van der Waals surface area (Å²) in [6.07, 6.45) is 12.9. The number of allylic oxidation sites excluding steroid dienone is 3. The van der Waals surface area contributed by atoms with E-state index in [1.165, 1.54) is 25.3 Å². The van der Waals surface area contributed by atoms with Crippen LogP contribution in [0.1, 0.15) is 46.0 Å². The van der Waals surface area contributed by atoms with Crippen LogP contribution in [0.4, 0.5) is 0 Å². The Balaban J connectivity index is 3.46. The molecule has 15 heavy (non-hydrogen) atoms. The molecule has 0 unspecified atom stereocenters. The molecule has 0 atom stereocenters. The van der Waals surface area contributed by atoms with Crippen molar-refractivity contribution in [3.05, 3.63) is 24.3 Å². The average molecular weight is 210 g/mol. The molecular weight excluding hydrogens is 188 g/mol. The fraction of sp³-hybridized carbons (Fsp3) is 0.615. The van der Waals surface area contributed by atoms with Crippen molar-refractivity contribution >= 4 is 5.97 Å². The number of carbonyl (C=O) groups is 1. The summed E-state index contributed by atoms with van der Waals surface area (Å²) in [5, 5.41) is 0. The fourth-order valence-corrected chi connectivity index (χ4v) is 1.07. The largest absolute Gasteiger partial charge is 0.463 e. The summed E-state index contributed by atoms with van der Waals surface area (Å²) in [4.78, 5) is 11.0. The Morgan fingerprint density at radius 3 is 2.60 bits per heavy atom. The zero-order chi connectivity index (χ0) is 11.4. The third-order valence-corrected chi connectivity index (χ3v) is 1.90. The van der Waals surface area contributed by atoms with Crippen LogP contribution in [0, 0.1) is 0 Å². The van der Waals surface area contributed by atoms with Crippen LogP contribution in [0.5, 0.6) is 0 Å². The van der Waals surface area contributed by atoms with E-state index in [0.717, 1.165) is 12.8 Å². The van der Waals surface area contributed by atoms with Crippen LogP contribution in [-0.4, -0.2) is 12.6 Å². The number of ether oxygens (including phenoxy) is 1. The molecule has 0 spiro atoms. The van der Waals surface area contributed by atoms with Gasteiger partial charge in [-0.15, -0.1) is 0 Å². The molecule has 0 rings (SSSR count). The van der Waals surface area contributed by atoms with E-state index < -0.39 is 0 Å². The first-order chi connectivity index (χ1) is 7.31. The van der Waals surface area contributed by atoms with Gasteiger partial charge < -0.3 is 4.74 Å². The van der Waals surface area contributed by atoms with Gasteiger partial charge in [0.05, 0.1) is 6.61 Å². The molecule has 0 aromatic rings. The summed E-state index contributed by atoms with van der Waals surface area (Å²) in [6.45, 7) is 4.67. The Labute approximate surface area is 93.0 Å². The summed E-state index contributed by atoms with van der Waals surface area (Å²) in [6, 6.07) is 0. The van der Waals surface area contributed by atoms with Crippen molar-refractivity contribution < 1.29 is 9.53 Å². The van der Waals surface area contributed by atoms with Gasteiger partial charge in [-0.1, -0.05) is 44.9 Å². The van der Waals surface area contributed by atoms with Crippen LogP contribution >= 0.6 is 0 Å². The highest BCUT2D eigenvalue weighted by Crippen LogP contribution is 1.99. The van der Waals surface area contributed by atoms with Crippen molar-refractivity contribution in [1.29, 1.82) is 0 Å². The van der Waals surface area contributed by atoms with E-state index in [4.69, 9.17) is 4.74 Å². The molecule has 0 bridgehead atoms. The minimum atomic E-state index is -0.255. The lowest BCUT2D eigenvalue weighted by molar-refractivity contribution is -0.137. The summed E-state index contributed by atoms with van der Waals surface area (Å²) in [7, 11) is 0. The second-order valence-corrected chi connectivity index (χ2v) is 3.45. The molecule has 0 amide bonds. The van der Waals surface area contributed by atoms with Gasteiger partial charge in [0, 0.05) is 6.08 Å². The lowest BCUT2D eigenvalue weighted by Gasteiger charge is -1.95. The van der Waals surface area contributed by atoms with E-state index >= 15 is 0 Å². The maximum Gasteiger partial charge on any atom is 0.330 e. The number of esters is 1. The molecule has 0 fully saturated rings. The highest BCUT2D eigenvalue weighted by Gasteiger charge is 1.91. The molecule has 0 aromatic heterocycles. The minimum Gasteiger partial charge on any atom is -0.463 e. The standard InChI is InChI=1S/C13H22O2/c1-3-5-6-7-8-9-10-11-13(14)15-12-4-2/h8-11H,3-7,12H2,1-2H3. The Bertz CT molecular complexity index is 205. The Kier molecular flexibility index (Phi) is 10.3. The van der Waals surface area contributed by atoms with Gasteiger partial charge in [0.25, 0.3) is 0 Å². The van der Waals surface area contributed by atoms with Crippen LogP contribution < -0.4 is 0 Å². The summed E-state index contributed by atoms with van der Waals surface area (Å²) < 4.78 is 4.88. The number of hydrogen-bond acceptors (Lipinski definition) is 2. The smallest absolute Gasteiger partial charge is 0.330 e. The number of rotatable bonds is 8. The average Bonchev–Trinajstić information content (AvgIpc) is 2.25. The summed E-state index contributed by atoms with van der Waals surface area (Å²) in [5.74, 6) is -0.255. The Hall–Kier alpha value is -1.05. The molecule has 0 radical (unpaired) electrons. The van der Waals surface area contributed by atoms with Crippen molar-refractivity contribution in [2.75, 3.05) is 6.61 Å². The molecule has 86 valence electrons. The Morgan fingerprint density at radius 1 is 1.13 bits per heavy atom. The first-order valence-corrected chi connectivity index (χ1v) is 5.81. The third kappa shape index (κ3) is 10.9. The van der Waals surface area contributed by atoms with Gasteiger partial charge in [0.15, 0.2) is 0 Å². The monoisotopic (exact) mass is 210 g/mol. The second-order valence-electron chi connectivity index (χ2n) is 3.45. The van der Waals surface area contributed by atoms with Gasteiger partial charge in [0.1, 0.15) is 0 Å². The number of carbonyl (C=O) groups excluding carboxylic acids is 1. The van der Waals surface area contributed by atoms with Gasteiger partial charge in [-0.2, -0.15) is 0 Å². The normalized spacial score (nSPS) is 11.3. The molecule has 0 aromatic carbocycles. The van der Waals surface area contributed by atoms with Crippen molar-refractivity contribution in [1.82, 2.24) is 0 Å². The Morgan fingerprint density at radius 2 is 1.93 bits per heavy atom. The van der Waals surface area contributed by atoms with E-state index in [1.54, 1.807) is 6.08 Å². The van der Waals surface area contributed by atoms with Crippen LogP contribution in [0.2, 0.25) is 0 Å². The van der Waals surface area contributed by atoms with E-state index in [-0.39, 0.29) is 5.97 Å². The van der Waals surface area contributed by atoms with Gasteiger partial charge in [0.2, 0.25) is 0 Å². The van der Waals surface area contributed by atoms with Gasteiger partial charge in [-0.3, -0.25) is 0 Å². The van der Waals surface area contributed by atoms with E-state index in [1.807, 2.05) is 13.0 Å². The molecule has 2 nitrogen and oxygen atoms in total. The fourth-order valence-electron chi connectivity index (χ4n) is 1.07. The van der Waals surface area contributed by atoms with E-state index in [2.05, 4.69) is 13.0 Å². The summed E-state index contributed by atoms with van der Waals surface area (Å²) in [5.41, 5.74) is 0. The third-order valence-electron chi connectivity index (χ3n) is 1.90.